The van der Waals surface area contributed by atoms with Gasteiger partial charge in [-0.15, -0.1) is 0 Å². The van der Waals surface area contributed by atoms with E-state index in [0.29, 0.717) is 0 Å². The molecule has 5 nitrogen and oxygen atoms in total. The van der Waals surface area contributed by atoms with E-state index >= 15 is 0 Å². The smallest absolute Gasteiger partial charge is 1.00 e. The van der Waals surface area contributed by atoms with Crippen LogP contribution >= 0.6 is 0 Å². The zero-order chi connectivity index (χ0) is 0. The van der Waals surface area contributed by atoms with Gasteiger partial charge in [0.2, 0.25) is 0 Å². The third-order valence-corrected chi connectivity index (χ3v) is 0. The quantitative estimate of drug-likeness (QED) is 0.392. The van der Waals surface area contributed by atoms with Crippen LogP contribution in [0.15, 0.2) is 0 Å². The van der Waals surface area contributed by atoms with Crippen molar-refractivity contribution in [3.05, 3.63) is 0 Å². The Morgan fingerprint density at radius 2 is 0.750 bits per heavy atom. The van der Waals surface area contributed by atoms with Gasteiger partial charge in [0.1, 0.15) is 0 Å². The standard InChI is InChI=1S/Ag.Li.2H2O.3O.V/h;;2*1H2;;;;/q2*+1;;;3*-2;/p-1. The molecule has 0 aliphatic heterocycles. The van der Waals surface area contributed by atoms with Gasteiger partial charge in [-0.2, -0.15) is 0 Å². The second-order valence-corrected chi connectivity index (χ2v) is 0. The second-order valence-electron chi connectivity index (χ2n) is 0. The molecule has 0 aromatic carbocycles. The summed E-state index contributed by atoms with van der Waals surface area (Å²) in [5.74, 6) is 0. The van der Waals surface area contributed by atoms with Crippen molar-refractivity contribution < 1.29 is 87.2 Å². The zero-order valence-corrected chi connectivity index (χ0v) is 6.80. The first-order valence-corrected chi connectivity index (χ1v) is 0. The SMILES string of the molecule is O.[Ag+].[Li+].[O-2].[O-2].[O-2].[OH-].[V]. The molecule has 0 spiro atoms. The van der Waals surface area contributed by atoms with Crippen LogP contribution in [0.3, 0.4) is 0 Å². The van der Waals surface area contributed by atoms with E-state index in [-0.39, 0.29) is 87.2 Å². The van der Waals surface area contributed by atoms with Crippen molar-refractivity contribution in [3.8, 4) is 0 Å². The monoisotopic (exact) mass is 248 g/mol. The van der Waals surface area contributed by atoms with Gasteiger partial charge < -0.3 is 27.4 Å². The minimum atomic E-state index is 0. The van der Waals surface area contributed by atoms with Crippen LogP contribution in [0, 0.1) is 0 Å². The van der Waals surface area contributed by atoms with Crippen molar-refractivity contribution in [2.24, 2.45) is 0 Å². The van der Waals surface area contributed by atoms with Crippen LogP contribution in [-0.4, -0.2) is 11.0 Å². The zero-order valence-electron chi connectivity index (χ0n) is 3.92. The van der Waals surface area contributed by atoms with E-state index in [1.54, 1.807) is 0 Å². The Morgan fingerprint density at radius 3 is 0.750 bits per heavy atom. The van der Waals surface area contributed by atoms with Crippen LogP contribution in [0.1, 0.15) is 0 Å². The summed E-state index contributed by atoms with van der Waals surface area (Å²) < 4.78 is 0. The molecular formula is H3AgLiO5V-5. The van der Waals surface area contributed by atoms with Gasteiger partial charge in [-0.3, -0.25) is 0 Å². The predicted octanol–water partition coefficient (Wildman–Crippen LogP) is -4.36. The van der Waals surface area contributed by atoms with Gasteiger partial charge in [0.25, 0.3) is 0 Å². The summed E-state index contributed by atoms with van der Waals surface area (Å²) in [4.78, 5) is 0. The minimum absolute atomic E-state index is 0. The summed E-state index contributed by atoms with van der Waals surface area (Å²) in [6.45, 7) is 0. The summed E-state index contributed by atoms with van der Waals surface area (Å²) in [5, 5.41) is 0. The maximum absolute atomic E-state index is 0. The molecule has 0 aromatic heterocycles. The number of hydrogen-bond acceptors (Lipinski definition) is 1. The Hall–Kier alpha value is 1.72. The van der Waals surface area contributed by atoms with Gasteiger partial charge in [-0.05, 0) is 0 Å². The molecule has 0 aromatic rings. The van der Waals surface area contributed by atoms with Crippen molar-refractivity contribution in [1.29, 1.82) is 0 Å². The van der Waals surface area contributed by atoms with Crippen LogP contribution in [0.2, 0.25) is 0 Å². The largest absolute Gasteiger partial charge is 2.00 e. The van der Waals surface area contributed by atoms with Crippen LogP contribution in [0.25, 0.3) is 0 Å². The molecule has 0 bridgehead atoms. The topological polar surface area (TPSA) is 147 Å². The Balaban J connectivity index is 0. The molecule has 8 heteroatoms. The van der Waals surface area contributed by atoms with E-state index in [0.717, 1.165) is 0 Å². The molecule has 0 aliphatic carbocycles. The second kappa shape index (κ2) is 175. The summed E-state index contributed by atoms with van der Waals surface area (Å²) in [6.07, 6.45) is 0. The van der Waals surface area contributed by atoms with Crippen LogP contribution < -0.4 is 18.9 Å². The maximum Gasteiger partial charge on any atom is 1.00 e. The van der Waals surface area contributed by atoms with Crippen LogP contribution in [-0.2, 0) is 57.4 Å². The van der Waals surface area contributed by atoms with Gasteiger partial charge >= 0.3 is 41.2 Å². The van der Waals surface area contributed by atoms with E-state index < -0.39 is 0 Å². The molecule has 8 heavy (non-hydrogen) atoms. The number of rotatable bonds is 0. The van der Waals surface area contributed by atoms with E-state index in [1.165, 1.54) is 0 Å². The molecule has 0 atom stereocenters. The normalized spacial score (nSPS) is 0. The van der Waals surface area contributed by atoms with Gasteiger partial charge in [0, 0.05) is 18.6 Å². The van der Waals surface area contributed by atoms with E-state index in [4.69, 9.17) is 0 Å². The van der Waals surface area contributed by atoms with Gasteiger partial charge in [-0.1, -0.05) is 0 Å². The molecule has 0 amide bonds. The molecular weight excluding hydrogens is 246 g/mol. The van der Waals surface area contributed by atoms with E-state index in [9.17, 15) is 0 Å². The molecule has 0 saturated carbocycles. The fraction of sp³-hybridized carbons (Fsp3) is 0. The molecule has 0 saturated heterocycles. The first-order chi connectivity index (χ1) is 0. The van der Waals surface area contributed by atoms with Gasteiger partial charge in [0.05, 0.1) is 0 Å². The summed E-state index contributed by atoms with van der Waals surface area (Å²) in [5.41, 5.74) is 0. The van der Waals surface area contributed by atoms with Crippen molar-refractivity contribution in [3.63, 3.8) is 0 Å². The molecule has 0 unspecified atom stereocenters. The van der Waals surface area contributed by atoms with E-state index in [2.05, 4.69) is 0 Å². The molecule has 0 fully saturated rings. The van der Waals surface area contributed by atoms with Crippen molar-refractivity contribution >= 4 is 0 Å². The average Bonchev–Trinajstić information content (AvgIpc) is 0. The minimum Gasteiger partial charge on any atom is -2.00 e. The van der Waals surface area contributed by atoms with Gasteiger partial charge in [-0.25, -0.2) is 0 Å². The van der Waals surface area contributed by atoms with Crippen LogP contribution in [0.5, 0.6) is 0 Å². The van der Waals surface area contributed by atoms with Crippen molar-refractivity contribution in [2.75, 3.05) is 0 Å². The van der Waals surface area contributed by atoms with Crippen molar-refractivity contribution in [2.45, 2.75) is 0 Å². The van der Waals surface area contributed by atoms with Gasteiger partial charge in [0.15, 0.2) is 0 Å². The first kappa shape index (κ1) is 249. The molecule has 3 N–H and O–H groups in total. The number of hydrogen-bond donors (Lipinski definition) is 0. The van der Waals surface area contributed by atoms with Crippen molar-refractivity contribution in [1.82, 2.24) is 0 Å². The Bertz CT molecular complexity index is 12.4. The predicted molar refractivity (Wildman–Crippen MR) is 7.61 cm³/mol. The molecule has 0 aliphatic rings. The fourth-order valence-corrected chi connectivity index (χ4v) is 0. The molecule has 1 radical (unpaired) electrons. The molecule has 55 valence electrons. The summed E-state index contributed by atoms with van der Waals surface area (Å²) in [6, 6.07) is 0. The van der Waals surface area contributed by atoms with E-state index in [1.807, 2.05) is 0 Å². The third kappa shape index (κ3) is 118. The van der Waals surface area contributed by atoms with Crippen LogP contribution in [0.4, 0.5) is 0 Å². The Labute approximate surface area is 86.7 Å². The Morgan fingerprint density at radius 1 is 0.750 bits per heavy atom. The summed E-state index contributed by atoms with van der Waals surface area (Å²) in [7, 11) is 0. The molecule has 0 heterocycles. The molecule has 0 rings (SSSR count). The fourth-order valence-electron chi connectivity index (χ4n) is 0. The summed E-state index contributed by atoms with van der Waals surface area (Å²) >= 11 is 0. The maximum atomic E-state index is 0. The average molecular weight is 249 g/mol. The first-order valence-electron chi connectivity index (χ1n) is 0. The third-order valence-electron chi connectivity index (χ3n) is 0. The Kier molecular flexibility index (Phi) is 5470.